The number of nitrogens with zero attached hydrogens (tertiary/aromatic N) is 4. The van der Waals surface area contributed by atoms with Gasteiger partial charge in [-0.05, 0) is 25.0 Å². The number of anilines is 2. The summed E-state index contributed by atoms with van der Waals surface area (Å²) in [6.07, 6.45) is 6.30. The molecule has 11 nitrogen and oxygen atoms in total. The number of carbonyl (C=O) groups excluding carboxylic acids is 2. The third kappa shape index (κ3) is 4.00. The number of ether oxygens (including phenoxy) is 2. The zero-order valence-electron chi connectivity index (χ0n) is 18.3. The second-order valence-electron chi connectivity index (χ2n) is 8.50. The van der Waals surface area contributed by atoms with Crippen LogP contribution < -0.4 is 25.4 Å². The Morgan fingerprint density at radius 3 is 2.88 bits per heavy atom. The summed E-state index contributed by atoms with van der Waals surface area (Å²) in [4.78, 5) is 32.9. The van der Waals surface area contributed by atoms with Crippen molar-refractivity contribution in [1.29, 1.82) is 0 Å². The number of imide groups is 1. The topological polar surface area (TPSA) is 132 Å². The van der Waals surface area contributed by atoms with Crippen LogP contribution in [-0.4, -0.2) is 50.7 Å². The first-order chi connectivity index (χ1) is 16.6. The van der Waals surface area contributed by atoms with E-state index in [-0.39, 0.29) is 18.2 Å². The fraction of sp³-hybridized carbons (Fsp3) is 0.348. The van der Waals surface area contributed by atoms with Crippen LogP contribution in [0, 0.1) is 0 Å². The predicted octanol–water partition coefficient (Wildman–Crippen LogP) is 1.90. The van der Waals surface area contributed by atoms with Crippen LogP contribution in [0.3, 0.4) is 0 Å². The molecule has 6 rings (SSSR count). The number of hydrogen-bond donors (Lipinski definition) is 3. The van der Waals surface area contributed by atoms with E-state index in [1.54, 1.807) is 16.8 Å². The van der Waals surface area contributed by atoms with Gasteiger partial charge in [0.15, 0.2) is 17.1 Å². The van der Waals surface area contributed by atoms with Crippen LogP contribution >= 0.6 is 0 Å². The van der Waals surface area contributed by atoms with Gasteiger partial charge in [-0.2, -0.15) is 19.6 Å². The van der Waals surface area contributed by atoms with Gasteiger partial charge in [0.25, 0.3) is 5.91 Å². The zero-order chi connectivity index (χ0) is 23.1. The highest BCUT2D eigenvalue weighted by atomic mass is 16.5. The van der Waals surface area contributed by atoms with Crippen molar-refractivity contribution < 1.29 is 19.1 Å². The van der Waals surface area contributed by atoms with Crippen molar-refractivity contribution in [3.05, 3.63) is 41.1 Å². The minimum atomic E-state index is -0.389. The molecular weight excluding hydrogens is 438 g/mol. The second-order valence-corrected chi connectivity index (χ2v) is 8.50. The Kier molecular flexibility index (Phi) is 5.01. The van der Waals surface area contributed by atoms with Gasteiger partial charge in [-0.3, -0.25) is 14.9 Å². The molecule has 1 saturated carbocycles. The number of nitrogens with one attached hydrogen (secondary N) is 3. The molecule has 11 heteroatoms. The lowest BCUT2D eigenvalue weighted by Crippen LogP contribution is -2.19. The first-order valence-corrected chi connectivity index (χ1v) is 11.3. The van der Waals surface area contributed by atoms with Gasteiger partial charge < -0.3 is 20.1 Å². The van der Waals surface area contributed by atoms with E-state index in [1.165, 1.54) is 0 Å². The molecule has 3 aromatic rings. The maximum absolute atomic E-state index is 12.0. The second kappa shape index (κ2) is 8.32. The molecule has 2 aliphatic heterocycles. The zero-order valence-corrected chi connectivity index (χ0v) is 18.3. The van der Waals surface area contributed by atoms with Gasteiger partial charge in [0.1, 0.15) is 0 Å². The molecule has 3 aliphatic rings. The van der Waals surface area contributed by atoms with Crippen molar-refractivity contribution in [3.63, 3.8) is 0 Å². The van der Waals surface area contributed by atoms with Crippen molar-refractivity contribution in [2.24, 2.45) is 0 Å². The number of para-hydroxylation sites is 1. The number of rotatable bonds is 6. The van der Waals surface area contributed by atoms with E-state index in [0.717, 1.165) is 36.3 Å². The van der Waals surface area contributed by atoms with Gasteiger partial charge in [0.2, 0.25) is 17.8 Å². The van der Waals surface area contributed by atoms with Crippen molar-refractivity contribution >= 4 is 35.4 Å². The van der Waals surface area contributed by atoms with Crippen LogP contribution in [0.5, 0.6) is 11.5 Å². The van der Waals surface area contributed by atoms with Crippen LogP contribution in [0.2, 0.25) is 0 Å². The van der Waals surface area contributed by atoms with Gasteiger partial charge in [0.05, 0.1) is 25.8 Å². The standard InChI is InChI=1S/C23H23N7O4/c31-18-10-14(21(32)27-18)9-15-12-25-30-20(15)28-22(29-23(30)26-16-5-6-16)24-11-13-3-1-4-17-19(13)34-8-2-7-33-17/h1,3-4,9,12,16H,2,5-8,10-11H2,(H,27,31,32)(H2,24,26,28,29)/b14-9+. The summed E-state index contributed by atoms with van der Waals surface area (Å²) in [7, 11) is 0. The molecule has 34 heavy (non-hydrogen) atoms. The minimum Gasteiger partial charge on any atom is -0.490 e. The summed E-state index contributed by atoms with van der Waals surface area (Å²) in [5.74, 6) is 1.75. The molecule has 0 atom stereocenters. The first-order valence-electron chi connectivity index (χ1n) is 11.3. The lowest BCUT2D eigenvalue weighted by molar-refractivity contribution is -0.124. The maximum atomic E-state index is 12.0. The summed E-state index contributed by atoms with van der Waals surface area (Å²) in [6.45, 7) is 1.67. The number of benzene rings is 1. The van der Waals surface area contributed by atoms with Crippen molar-refractivity contribution in [2.45, 2.75) is 38.3 Å². The van der Waals surface area contributed by atoms with E-state index in [4.69, 9.17) is 9.47 Å². The summed E-state index contributed by atoms with van der Waals surface area (Å²) in [5.41, 5.74) is 2.49. The van der Waals surface area contributed by atoms with Gasteiger partial charge in [0, 0.05) is 35.7 Å². The summed E-state index contributed by atoms with van der Waals surface area (Å²) in [5, 5.41) is 13.4. The Morgan fingerprint density at radius 1 is 1.18 bits per heavy atom. The van der Waals surface area contributed by atoms with E-state index < -0.39 is 0 Å². The summed E-state index contributed by atoms with van der Waals surface area (Å²) >= 11 is 0. The average molecular weight is 461 g/mol. The third-order valence-corrected chi connectivity index (χ3v) is 5.82. The Bertz CT molecular complexity index is 1330. The molecule has 2 fully saturated rings. The first kappa shape index (κ1) is 20.5. The lowest BCUT2D eigenvalue weighted by Gasteiger charge is -2.14. The normalized spacial score (nSPS) is 18.8. The Hall–Kier alpha value is -4.15. The predicted molar refractivity (Wildman–Crippen MR) is 123 cm³/mol. The van der Waals surface area contributed by atoms with E-state index in [2.05, 4.69) is 31.0 Å². The minimum absolute atomic E-state index is 0.0424. The highest BCUT2D eigenvalue weighted by molar-refractivity contribution is 6.15. The molecule has 0 unspecified atom stereocenters. The van der Waals surface area contributed by atoms with Crippen LogP contribution in [0.1, 0.15) is 36.8 Å². The summed E-state index contributed by atoms with van der Waals surface area (Å²) in [6, 6.07) is 6.17. The highest BCUT2D eigenvalue weighted by Crippen LogP contribution is 2.33. The quantitative estimate of drug-likeness (QED) is 0.372. The Balaban J connectivity index is 1.33. The van der Waals surface area contributed by atoms with Gasteiger partial charge in [-0.15, -0.1) is 0 Å². The highest BCUT2D eigenvalue weighted by Gasteiger charge is 2.26. The lowest BCUT2D eigenvalue weighted by atomic mass is 10.1. The molecule has 0 bridgehead atoms. The Labute approximate surface area is 194 Å². The van der Waals surface area contributed by atoms with Crippen LogP contribution in [-0.2, 0) is 16.1 Å². The molecule has 2 amide bonds. The molecule has 174 valence electrons. The van der Waals surface area contributed by atoms with E-state index >= 15 is 0 Å². The van der Waals surface area contributed by atoms with E-state index in [1.807, 2.05) is 18.2 Å². The SMILES string of the molecule is O=C1C/C(=C\c2cnn3c(NC4CC4)nc(NCc4cccc5c4OCCCO5)nc23)C(=O)N1. The van der Waals surface area contributed by atoms with Gasteiger partial charge in [-0.25, -0.2) is 0 Å². The van der Waals surface area contributed by atoms with Gasteiger partial charge in [-0.1, -0.05) is 12.1 Å². The average Bonchev–Trinajstić information content (AvgIpc) is 3.53. The van der Waals surface area contributed by atoms with Crippen LogP contribution in [0.4, 0.5) is 11.9 Å². The number of amides is 2. The number of hydrogen-bond acceptors (Lipinski definition) is 9. The molecule has 2 aromatic heterocycles. The van der Waals surface area contributed by atoms with Crippen molar-refractivity contribution in [1.82, 2.24) is 24.9 Å². The Morgan fingerprint density at radius 2 is 2.06 bits per heavy atom. The molecule has 0 spiro atoms. The maximum Gasteiger partial charge on any atom is 0.254 e. The van der Waals surface area contributed by atoms with Crippen molar-refractivity contribution in [2.75, 3.05) is 23.8 Å². The molecule has 0 radical (unpaired) electrons. The number of carbonyl (C=O) groups is 2. The molecule has 1 aromatic carbocycles. The monoisotopic (exact) mass is 461 g/mol. The van der Waals surface area contributed by atoms with Crippen LogP contribution in [0.15, 0.2) is 30.0 Å². The number of aromatic nitrogens is 4. The summed E-state index contributed by atoms with van der Waals surface area (Å²) < 4.78 is 13.3. The third-order valence-electron chi connectivity index (χ3n) is 5.82. The largest absolute Gasteiger partial charge is 0.490 e. The van der Waals surface area contributed by atoms with E-state index in [9.17, 15) is 9.59 Å². The molecule has 3 N–H and O–H groups in total. The molecular formula is C23H23N7O4. The van der Waals surface area contributed by atoms with Crippen molar-refractivity contribution in [3.8, 4) is 11.5 Å². The smallest absolute Gasteiger partial charge is 0.254 e. The van der Waals surface area contributed by atoms with Crippen LogP contribution in [0.25, 0.3) is 11.7 Å². The fourth-order valence-corrected chi connectivity index (χ4v) is 3.96. The molecule has 1 saturated heterocycles. The molecule has 1 aliphatic carbocycles. The number of fused-ring (bicyclic) bond motifs is 2. The van der Waals surface area contributed by atoms with E-state index in [0.29, 0.717) is 54.5 Å². The molecule has 4 heterocycles. The fourth-order valence-electron chi connectivity index (χ4n) is 3.96. The van der Waals surface area contributed by atoms with Gasteiger partial charge >= 0.3 is 0 Å².